The van der Waals surface area contributed by atoms with Gasteiger partial charge >= 0.3 is 0 Å². The molecular formula is C8H13FO. The SMILES string of the molecule is CC/C=C\C(=C/CF)OC. The maximum atomic E-state index is 11.7. The highest BCUT2D eigenvalue weighted by Crippen LogP contribution is 1.98. The molecule has 2 heteroatoms. The van der Waals surface area contributed by atoms with Crippen LogP contribution in [-0.4, -0.2) is 13.8 Å². The molecule has 0 aromatic carbocycles. The summed E-state index contributed by atoms with van der Waals surface area (Å²) >= 11 is 0. The highest BCUT2D eigenvalue weighted by molar-refractivity contribution is 5.11. The third-order valence-corrected chi connectivity index (χ3v) is 1.03. The predicted molar refractivity (Wildman–Crippen MR) is 40.5 cm³/mol. The van der Waals surface area contributed by atoms with Crippen molar-refractivity contribution in [2.75, 3.05) is 13.8 Å². The van der Waals surface area contributed by atoms with Crippen molar-refractivity contribution in [2.24, 2.45) is 0 Å². The molecule has 10 heavy (non-hydrogen) atoms. The zero-order valence-electron chi connectivity index (χ0n) is 6.43. The Kier molecular flexibility index (Phi) is 5.83. The molecule has 0 heterocycles. The second-order valence-electron chi connectivity index (χ2n) is 1.78. The first-order chi connectivity index (χ1) is 4.85. The van der Waals surface area contributed by atoms with Crippen LogP contribution in [0.25, 0.3) is 0 Å². The summed E-state index contributed by atoms with van der Waals surface area (Å²) in [7, 11) is 1.53. The van der Waals surface area contributed by atoms with Crippen molar-refractivity contribution < 1.29 is 9.13 Å². The van der Waals surface area contributed by atoms with Crippen LogP contribution < -0.4 is 0 Å². The van der Waals surface area contributed by atoms with Gasteiger partial charge in [-0.25, -0.2) is 4.39 Å². The van der Waals surface area contributed by atoms with Crippen LogP contribution in [0.4, 0.5) is 4.39 Å². The standard InChI is InChI=1S/C8H13FO/c1-3-4-5-8(10-2)6-7-9/h4-6H,3,7H2,1-2H3/b5-4-,8-6+. The molecule has 1 nitrogen and oxygen atoms in total. The summed E-state index contributed by atoms with van der Waals surface area (Å²) in [6, 6.07) is 0. The van der Waals surface area contributed by atoms with Gasteiger partial charge in [0.15, 0.2) is 0 Å². The molecule has 0 amide bonds. The minimum absolute atomic E-state index is 0.475. The van der Waals surface area contributed by atoms with E-state index in [2.05, 4.69) is 0 Å². The number of methoxy groups -OCH3 is 1. The van der Waals surface area contributed by atoms with E-state index in [0.717, 1.165) is 6.42 Å². The van der Waals surface area contributed by atoms with Crippen LogP contribution in [0.15, 0.2) is 24.0 Å². The number of allylic oxidation sites excluding steroid dienone is 3. The van der Waals surface area contributed by atoms with Gasteiger partial charge in [-0.2, -0.15) is 0 Å². The zero-order valence-corrected chi connectivity index (χ0v) is 6.43. The molecule has 0 N–H and O–H groups in total. The van der Waals surface area contributed by atoms with Crippen molar-refractivity contribution in [3.63, 3.8) is 0 Å². The third-order valence-electron chi connectivity index (χ3n) is 1.03. The molecule has 0 rings (SSSR count). The first-order valence-corrected chi connectivity index (χ1v) is 3.31. The van der Waals surface area contributed by atoms with Gasteiger partial charge in [-0.05, 0) is 18.6 Å². The maximum absolute atomic E-state index is 11.7. The highest BCUT2D eigenvalue weighted by Gasteiger charge is 1.85. The van der Waals surface area contributed by atoms with E-state index < -0.39 is 6.67 Å². The summed E-state index contributed by atoms with van der Waals surface area (Å²) in [5, 5.41) is 0. The molecule has 0 saturated heterocycles. The molecule has 0 spiro atoms. The number of hydrogen-bond donors (Lipinski definition) is 0. The number of alkyl halides is 1. The molecule has 0 radical (unpaired) electrons. The lowest BCUT2D eigenvalue weighted by atomic mass is 10.3. The van der Waals surface area contributed by atoms with Crippen molar-refractivity contribution in [1.82, 2.24) is 0 Å². The molecule has 0 aliphatic carbocycles. The van der Waals surface area contributed by atoms with Gasteiger partial charge in [0.2, 0.25) is 0 Å². The Labute approximate surface area is 61.2 Å². The first kappa shape index (κ1) is 9.21. The van der Waals surface area contributed by atoms with E-state index in [4.69, 9.17) is 4.74 Å². The van der Waals surface area contributed by atoms with E-state index in [1.165, 1.54) is 13.2 Å². The quantitative estimate of drug-likeness (QED) is 0.435. The molecule has 0 aromatic rings. The molecule has 0 fully saturated rings. The Morgan fingerprint density at radius 1 is 1.60 bits per heavy atom. The lowest BCUT2D eigenvalue weighted by Gasteiger charge is -1.96. The molecule has 0 saturated carbocycles. The Hall–Kier alpha value is -0.790. The maximum Gasteiger partial charge on any atom is 0.117 e. The van der Waals surface area contributed by atoms with Gasteiger partial charge in [0.25, 0.3) is 0 Å². The van der Waals surface area contributed by atoms with Gasteiger partial charge in [0, 0.05) is 0 Å². The van der Waals surface area contributed by atoms with E-state index >= 15 is 0 Å². The lowest BCUT2D eigenvalue weighted by Crippen LogP contribution is -1.81. The van der Waals surface area contributed by atoms with Gasteiger partial charge < -0.3 is 4.74 Å². The second kappa shape index (κ2) is 6.33. The summed E-state index contributed by atoms with van der Waals surface area (Å²) in [5.74, 6) is 0.587. The minimum Gasteiger partial charge on any atom is -0.497 e. The second-order valence-corrected chi connectivity index (χ2v) is 1.78. The average molecular weight is 144 g/mol. The van der Waals surface area contributed by atoms with Crippen LogP contribution in [0.5, 0.6) is 0 Å². The molecular weight excluding hydrogens is 131 g/mol. The van der Waals surface area contributed by atoms with Gasteiger partial charge in [-0.15, -0.1) is 0 Å². The molecule has 0 bridgehead atoms. The van der Waals surface area contributed by atoms with E-state index in [0.29, 0.717) is 5.76 Å². The normalized spacial score (nSPS) is 12.5. The number of rotatable bonds is 4. The van der Waals surface area contributed by atoms with Crippen LogP contribution in [0.1, 0.15) is 13.3 Å². The topological polar surface area (TPSA) is 9.23 Å². The van der Waals surface area contributed by atoms with Crippen LogP contribution in [0.2, 0.25) is 0 Å². The monoisotopic (exact) mass is 144 g/mol. The van der Waals surface area contributed by atoms with E-state index in [9.17, 15) is 4.39 Å². The fourth-order valence-corrected chi connectivity index (χ4v) is 0.529. The van der Waals surface area contributed by atoms with Crippen LogP contribution in [-0.2, 0) is 4.74 Å². The molecule has 0 aliphatic rings. The Morgan fingerprint density at radius 2 is 2.30 bits per heavy atom. The van der Waals surface area contributed by atoms with Crippen molar-refractivity contribution in [1.29, 1.82) is 0 Å². The van der Waals surface area contributed by atoms with Crippen molar-refractivity contribution in [2.45, 2.75) is 13.3 Å². The van der Waals surface area contributed by atoms with E-state index in [1.807, 2.05) is 13.0 Å². The summed E-state index contributed by atoms with van der Waals surface area (Å²) in [6.45, 7) is 1.54. The van der Waals surface area contributed by atoms with Crippen LogP contribution in [0, 0.1) is 0 Å². The van der Waals surface area contributed by atoms with E-state index in [-0.39, 0.29) is 0 Å². The lowest BCUT2D eigenvalue weighted by molar-refractivity contribution is 0.303. The Morgan fingerprint density at radius 3 is 2.70 bits per heavy atom. The largest absolute Gasteiger partial charge is 0.497 e. The van der Waals surface area contributed by atoms with Crippen molar-refractivity contribution >= 4 is 0 Å². The van der Waals surface area contributed by atoms with Gasteiger partial charge in [-0.3, -0.25) is 0 Å². The fraction of sp³-hybridized carbons (Fsp3) is 0.500. The summed E-state index contributed by atoms with van der Waals surface area (Å²) < 4.78 is 16.5. The number of halogens is 1. The van der Waals surface area contributed by atoms with Gasteiger partial charge in [0.1, 0.15) is 12.4 Å². The summed E-state index contributed by atoms with van der Waals surface area (Å²) in [6.07, 6.45) is 6.02. The van der Waals surface area contributed by atoms with Crippen molar-refractivity contribution in [3.8, 4) is 0 Å². The van der Waals surface area contributed by atoms with Gasteiger partial charge in [0.05, 0.1) is 7.11 Å². The number of ether oxygens (including phenoxy) is 1. The van der Waals surface area contributed by atoms with Gasteiger partial charge in [-0.1, -0.05) is 13.0 Å². The summed E-state index contributed by atoms with van der Waals surface area (Å²) in [4.78, 5) is 0. The molecule has 0 unspecified atom stereocenters. The third kappa shape index (κ3) is 4.13. The first-order valence-electron chi connectivity index (χ1n) is 3.31. The number of hydrogen-bond acceptors (Lipinski definition) is 1. The molecule has 0 atom stereocenters. The Bertz CT molecular complexity index is 127. The fourth-order valence-electron chi connectivity index (χ4n) is 0.529. The van der Waals surface area contributed by atoms with Crippen molar-refractivity contribution in [3.05, 3.63) is 24.0 Å². The van der Waals surface area contributed by atoms with Crippen LogP contribution in [0.3, 0.4) is 0 Å². The smallest absolute Gasteiger partial charge is 0.117 e. The zero-order chi connectivity index (χ0) is 7.82. The average Bonchev–Trinajstić information content (AvgIpc) is 1.98. The molecule has 0 aliphatic heterocycles. The molecule has 0 aromatic heterocycles. The Balaban J connectivity index is 3.82. The predicted octanol–water partition coefficient (Wildman–Crippen LogP) is 2.45. The minimum atomic E-state index is -0.475. The van der Waals surface area contributed by atoms with E-state index in [1.54, 1.807) is 6.08 Å². The summed E-state index contributed by atoms with van der Waals surface area (Å²) in [5.41, 5.74) is 0. The van der Waals surface area contributed by atoms with Crippen LogP contribution >= 0.6 is 0 Å². The highest BCUT2D eigenvalue weighted by atomic mass is 19.1. The molecule has 58 valence electrons.